The summed E-state index contributed by atoms with van der Waals surface area (Å²) in [4.78, 5) is 2.37. The molecule has 1 N–H and O–H groups in total. The number of hydrogen-bond donors (Lipinski definition) is 1. The lowest BCUT2D eigenvalue weighted by molar-refractivity contribution is -0.141. The molecule has 2 aromatic rings. The molecule has 4 rings (SSSR count). The zero-order valence-electron chi connectivity index (χ0n) is 20.6. The second-order valence-electron chi connectivity index (χ2n) is 10.3. The van der Waals surface area contributed by atoms with Gasteiger partial charge in [0.15, 0.2) is 6.29 Å². The zero-order chi connectivity index (χ0) is 24.5. The quantitative estimate of drug-likeness (QED) is 0.465. The van der Waals surface area contributed by atoms with Crippen LogP contribution in [0.4, 0.5) is 14.5 Å². The Hall–Kier alpha value is -2.18. The van der Waals surface area contributed by atoms with Gasteiger partial charge in [-0.1, -0.05) is 32.0 Å². The van der Waals surface area contributed by atoms with Gasteiger partial charge in [-0.3, -0.25) is 0 Å². The molecule has 34 heavy (non-hydrogen) atoms. The van der Waals surface area contributed by atoms with E-state index in [1.165, 1.54) is 12.1 Å². The van der Waals surface area contributed by atoms with Gasteiger partial charge in [0.25, 0.3) is 5.92 Å². The number of benzene rings is 2. The van der Waals surface area contributed by atoms with Crippen molar-refractivity contribution in [1.82, 2.24) is 0 Å². The Kier molecular flexibility index (Phi) is 7.48. The third-order valence-corrected chi connectivity index (χ3v) is 7.54. The number of fused-ring (bicyclic) bond motifs is 1. The molecule has 0 saturated carbocycles. The summed E-state index contributed by atoms with van der Waals surface area (Å²) in [6, 6.07) is 12.9. The summed E-state index contributed by atoms with van der Waals surface area (Å²) in [5.74, 6) is -2.60. The Morgan fingerprint density at radius 2 is 1.68 bits per heavy atom. The summed E-state index contributed by atoms with van der Waals surface area (Å²) in [5, 5.41) is 9.90. The fraction of sp³-hybridized carbons (Fsp3) is 0.571. The fourth-order valence-corrected chi connectivity index (χ4v) is 6.02. The average Bonchev–Trinajstić information content (AvgIpc) is 2.81. The number of halogens is 2. The van der Waals surface area contributed by atoms with E-state index in [9.17, 15) is 5.11 Å². The smallest absolute Gasteiger partial charge is 0.273 e. The number of anilines is 1. The number of phenols is 1. The first-order chi connectivity index (χ1) is 16.2. The van der Waals surface area contributed by atoms with E-state index in [2.05, 4.69) is 43.0 Å². The number of phenolic OH excluding ortho intramolecular Hbond substituents is 1. The summed E-state index contributed by atoms with van der Waals surface area (Å²) in [6.45, 7) is 6.04. The van der Waals surface area contributed by atoms with Crippen LogP contribution in [-0.4, -0.2) is 38.7 Å². The summed E-state index contributed by atoms with van der Waals surface area (Å²) in [6.07, 6.45) is 2.38. The number of nitrogens with zero attached hydrogens (tertiary/aromatic N) is 1. The lowest BCUT2D eigenvalue weighted by Crippen LogP contribution is -2.39. The van der Waals surface area contributed by atoms with Crippen LogP contribution in [0.5, 0.6) is 5.75 Å². The lowest BCUT2D eigenvalue weighted by Gasteiger charge is -2.39. The molecule has 0 unspecified atom stereocenters. The second-order valence-corrected chi connectivity index (χ2v) is 10.3. The number of ether oxygens (including phenoxy) is 2. The average molecular weight is 474 g/mol. The highest BCUT2D eigenvalue weighted by Gasteiger charge is 2.46. The molecule has 1 saturated heterocycles. The molecule has 6 heteroatoms. The normalized spacial score (nSPS) is 22.9. The molecule has 1 aliphatic heterocycles. The van der Waals surface area contributed by atoms with E-state index in [0.717, 1.165) is 43.6 Å². The van der Waals surface area contributed by atoms with Gasteiger partial charge in [-0.15, -0.1) is 0 Å². The van der Waals surface area contributed by atoms with Crippen molar-refractivity contribution in [2.75, 3.05) is 32.2 Å². The van der Waals surface area contributed by atoms with Crippen LogP contribution in [0.2, 0.25) is 0 Å². The molecule has 2 aromatic carbocycles. The van der Waals surface area contributed by atoms with E-state index < -0.39 is 5.92 Å². The van der Waals surface area contributed by atoms with Crippen LogP contribution in [0.3, 0.4) is 0 Å². The van der Waals surface area contributed by atoms with Crippen LogP contribution < -0.4 is 4.90 Å². The summed E-state index contributed by atoms with van der Waals surface area (Å²) < 4.78 is 41.0. The number of piperidine rings is 1. The minimum atomic E-state index is -2.93. The largest absolute Gasteiger partial charge is 0.508 e. The van der Waals surface area contributed by atoms with Crippen molar-refractivity contribution >= 4 is 5.69 Å². The Labute approximate surface area is 201 Å². The summed E-state index contributed by atoms with van der Waals surface area (Å²) in [7, 11) is 3.37. The Morgan fingerprint density at radius 3 is 2.26 bits per heavy atom. The maximum atomic E-state index is 15.1. The molecule has 0 spiro atoms. The van der Waals surface area contributed by atoms with Gasteiger partial charge in [0.2, 0.25) is 0 Å². The molecule has 2 aliphatic rings. The van der Waals surface area contributed by atoms with Gasteiger partial charge in [-0.05, 0) is 66.5 Å². The van der Waals surface area contributed by atoms with Crippen LogP contribution in [0.15, 0.2) is 42.5 Å². The Balaban J connectivity index is 1.58. The van der Waals surface area contributed by atoms with Crippen LogP contribution in [0, 0.1) is 17.8 Å². The minimum absolute atomic E-state index is 0.0329. The molecule has 4 nitrogen and oxygen atoms in total. The van der Waals surface area contributed by atoms with Crippen LogP contribution >= 0.6 is 0 Å². The van der Waals surface area contributed by atoms with Crippen molar-refractivity contribution in [2.24, 2.45) is 17.8 Å². The van der Waals surface area contributed by atoms with Crippen LogP contribution in [0.1, 0.15) is 62.1 Å². The second kappa shape index (κ2) is 10.2. The monoisotopic (exact) mass is 473 g/mol. The van der Waals surface area contributed by atoms with Gasteiger partial charge >= 0.3 is 0 Å². The SMILES string of the molecule is COC(OC)C1CCN(c2ccc([C@H]3c4ccc(O)cc4C(F)(F)C[C@H]3CC(C)C)cc2)CC1. The van der Waals surface area contributed by atoms with E-state index in [0.29, 0.717) is 17.4 Å². The third kappa shape index (κ3) is 5.08. The molecule has 1 heterocycles. The highest BCUT2D eigenvalue weighted by Crippen LogP contribution is 2.53. The van der Waals surface area contributed by atoms with Crippen molar-refractivity contribution < 1.29 is 23.4 Å². The lowest BCUT2D eigenvalue weighted by atomic mass is 9.68. The Bertz CT molecular complexity index is 951. The predicted octanol–water partition coefficient (Wildman–Crippen LogP) is 6.52. The number of hydrogen-bond acceptors (Lipinski definition) is 4. The molecular formula is C28H37F2NO3. The van der Waals surface area contributed by atoms with Gasteiger partial charge < -0.3 is 19.5 Å². The number of methoxy groups -OCH3 is 2. The standard InChI is InChI=1S/C28H37F2NO3/c1-18(2)15-21-17-28(29,30)25-16-23(32)9-10-24(25)26(21)19-5-7-22(8-6-19)31-13-11-20(12-14-31)27(33-3)34-4/h5-10,16,18,20-21,26-27,32H,11-15,17H2,1-4H3/t21-,26-/m1/s1. The zero-order valence-corrected chi connectivity index (χ0v) is 20.6. The van der Waals surface area contributed by atoms with E-state index in [1.807, 2.05) is 0 Å². The van der Waals surface area contributed by atoms with Gasteiger partial charge in [0, 0.05) is 56.8 Å². The van der Waals surface area contributed by atoms with Crippen molar-refractivity contribution in [3.05, 3.63) is 59.2 Å². The molecule has 0 amide bonds. The molecule has 0 aromatic heterocycles. The van der Waals surface area contributed by atoms with Gasteiger partial charge in [-0.2, -0.15) is 0 Å². The van der Waals surface area contributed by atoms with Gasteiger partial charge in [-0.25, -0.2) is 8.78 Å². The van der Waals surface area contributed by atoms with Gasteiger partial charge in [0.05, 0.1) is 0 Å². The van der Waals surface area contributed by atoms with E-state index in [1.54, 1.807) is 20.3 Å². The number of alkyl halides is 2. The third-order valence-electron chi connectivity index (χ3n) is 7.54. The molecule has 1 aliphatic carbocycles. The summed E-state index contributed by atoms with van der Waals surface area (Å²) in [5.41, 5.74) is 2.82. The number of aromatic hydroxyl groups is 1. The Morgan fingerprint density at radius 1 is 1.03 bits per heavy atom. The molecule has 0 bridgehead atoms. The van der Waals surface area contributed by atoms with Crippen LogP contribution in [-0.2, 0) is 15.4 Å². The van der Waals surface area contributed by atoms with Crippen LogP contribution in [0.25, 0.3) is 0 Å². The van der Waals surface area contributed by atoms with E-state index >= 15 is 8.78 Å². The predicted molar refractivity (Wildman–Crippen MR) is 131 cm³/mol. The maximum absolute atomic E-state index is 15.1. The highest BCUT2D eigenvalue weighted by atomic mass is 19.3. The van der Waals surface area contributed by atoms with E-state index in [-0.39, 0.29) is 35.9 Å². The summed E-state index contributed by atoms with van der Waals surface area (Å²) >= 11 is 0. The van der Waals surface area contributed by atoms with E-state index in [4.69, 9.17) is 9.47 Å². The topological polar surface area (TPSA) is 41.9 Å². The first-order valence-electron chi connectivity index (χ1n) is 12.3. The van der Waals surface area contributed by atoms with Crippen molar-refractivity contribution in [2.45, 2.75) is 57.7 Å². The highest BCUT2D eigenvalue weighted by molar-refractivity contribution is 5.52. The van der Waals surface area contributed by atoms with Gasteiger partial charge in [0.1, 0.15) is 5.75 Å². The van der Waals surface area contributed by atoms with Crippen molar-refractivity contribution in [3.63, 3.8) is 0 Å². The molecule has 0 radical (unpaired) electrons. The molecule has 186 valence electrons. The molecular weight excluding hydrogens is 436 g/mol. The minimum Gasteiger partial charge on any atom is -0.508 e. The fourth-order valence-electron chi connectivity index (χ4n) is 6.02. The molecule has 1 fully saturated rings. The van der Waals surface area contributed by atoms with Crippen molar-refractivity contribution in [3.8, 4) is 5.75 Å². The first-order valence-corrected chi connectivity index (χ1v) is 12.3. The number of rotatable bonds is 7. The van der Waals surface area contributed by atoms with Crippen molar-refractivity contribution in [1.29, 1.82) is 0 Å². The maximum Gasteiger partial charge on any atom is 0.273 e. The first kappa shape index (κ1) is 24.9. The molecule has 2 atom stereocenters.